The van der Waals surface area contributed by atoms with Crippen LogP contribution in [0.25, 0.3) is 0 Å². The van der Waals surface area contributed by atoms with Crippen molar-refractivity contribution in [3.8, 4) is 0 Å². The molecule has 0 aliphatic heterocycles. The van der Waals surface area contributed by atoms with Crippen LogP contribution in [0, 0.1) is 5.41 Å². The van der Waals surface area contributed by atoms with E-state index in [1.54, 1.807) is 17.9 Å². The maximum absolute atomic E-state index is 12.0. The molecule has 0 radical (unpaired) electrons. The first-order valence-electron chi connectivity index (χ1n) is 8.09. The van der Waals surface area contributed by atoms with Crippen molar-refractivity contribution >= 4 is 17.6 Å². The van der Waals surface area contributed by atoms with Crippen molar-refractivity contribution in [2.75, 3.05) is 0 Å². The molecule has 2 aromatic rings. The molecule has 24 heavy (non-hydrogen) atoms. The fourth-order valence-corrected chi connectivity index (χ4v) is 2.77. The lowest BCUT2D eigenvalue weighted by Gasteiger charge is -2.36. The van der Waals surface area contributed by atoms with Crippen LogP contribution in [0.2, 0.25) is 5.02 Å². The molecule has 2 atom stereocenters. The number of esters is 1. The lowest BCUT2D eigenvalue weighted by Crippen LogP contribution is -2.40. The molecule has 0 spiro atoms. The van der Waals surface area contributed by atoms with Gasteiger partial charge < -0.3 is 4.74 Å². The molecule has 2 rings (SSSR count). The Morgan fingerprint density at radius 3 is 2.46 bits per heavy atom. The summed E-state index contributed by atoms with van der Waals surface area (Å²) in [5.41, 5.74) is 0.857. The van der Waals surface area contributed by atoms with Crippen molar-refractivity contribution in [3.05, 3.63) is 47.5 Å². The lowest BCUT2D eigenvalue weighted by atomic mass is 9.82. The Morgan fingerprint density at radius 1 is 1.29 bits per heavy atom. The summed E-state index contributed by atoms with van der Waals surface area (Å²) < 4.78 is 7.56. The van der Waals surface area contributed by atoms with Crippen LogP contribution in [0.3, 0.4) is 0 Å². The van der Waals surface area contributed by atoms with Gasteiger partial charge in [-0.1, -0.05) is 51.4 Å². The predicted molar refractivity (Wildman–Crippen MR) is 93.8 cm³/mol. The molecular formula is C18H24ClN3O2. The molecule has 1 heterocycles. The van der Waals surface area contributed by atoms with Gasteiger partial charge in [0.1, 0.15) is 18.8 Å². The Labute approximate surface area is 148 Å². The summed E-state index contributed by atoms with van der Waals surface area (Å²) >= 11 is 5.97. The third-order valence-electron chi connectivity index (χ3n) is 3.88. The Kier molecular flexibility index (Phi) is 5.99. The van der Waals surface area contributed by atoms with E-state index in [4.69, 9.17) is 16.3 Å². The van der Waals surface area contributed by atoms with Crippen molar-refractivity contribution in [1.29, 1.82) is 0 Å². The number of carbonyl (C=O) groups excluding carboxylic acids is 1. The molecule has 0 saturated heterocycles. The summed E-state index contributed by atoms with van der Waals surface area (Å²) in [5, 5.41) is 4.98. The zero-order valence-corrected chi connectivity index (χ0v) is 15.3. The average molecular weight is 350 g/mol. The standard InChI is InChI=1S/C18H24ClN3O2/c1-5-16(23)24-17(18(2,3)4)15(22-12-20-11-21-22)10-13-6-8-14(19)9-7-13/h6-9,11-12,15,17H,5,10H2,1-4H3. The van der Waals surface area contributed by atoms with E-state index in [0.717, 1.165) is 5.56 Å². The largest absolute Gasteiger partial charge is 0.460 e. The van der Waals surface area contributed by atoms with Gasteiger partial charge in [-0.2, -0.15) is 5.10 Å². The maximum Gasteiger partial charge on any atom is 0.305 e. The highest BCUT2D eigenvalue weighted by atomic mass is 35.5. The van der Waals surface area contributed by atoms with Gasteiger partial charge in [-0.05, 0) is 24.1 Å². The summed E-state index contributed by atoms with van der Waals surface area (Å²) in [6.45, 7) is 7.98. The Bertz CT molecular complexity index is 648. The van der Waals surface area contributed by atoms with Gasteiger partial charge in [0.2, 0.25) is 0 Å². The van der Waals surface area contributed by atoms with Gasteiger partial charge in [-0.25, -0.2) is 9.67 Å². The van der Waals surface area contributed by atoms with E-state index >= 15 is 0 Å². The molecule has 130 valence electrons. The smallest absolute Gasteiger partial charge is 0.305 e. The molecule has 0 aliphatic rings. The first-order valence-corrected chi connectivity index (χ1v) is 8.47. The minimum absolute atomic E-state index is 0.149. The van der Waals surface area contributed by atoms with Crippen molar-refractivity contribution < 1.29 is 9.53 Å². The van der Waals surface area contributed by atoms with Gasteiger partial charge in [0.25, 0.3) is 0 Å². The second kappa shape index (κ2) is 7.79. The van der Waals surface area contributed by atoms with Gasteiger partial charge in [0.15, 0.2) is 0 Å². The third-order valence-corrected chi connectivity index (χ3v) is 4.14. The summed E-state index contributed by atoms with van der Waals surface area (Å²) in [5.74, 6) is -0.212. The van der Waals surface area contributed by atoms with Gasteiger partial charge in [-0.15, -0.1) is 0 Å². The summed E-state index contributed by atoms with van der Waals surface area (Å²) in [4.78, 5) is 16.0. The molecule has 0 bridgehead atoms. The Balaban J connectivity index is 2.35. The van der Waals surface area contributed by atoms with E-state index < -0.39 is 0 Å². The van der Waals surface area contributed by atoms with E-state index in [1.807, 2.05) is 24.3 Å². The van der Waals surface area contributed by atoms with E-state index in [1.165, 1.54) is 6.33 Å². The van der Waals surface area contributed by atoms with Gasteiger partial charge in [0, 0.05) is 16.9 Å². The molecule has 5 nitrogen and oxygen atoms in total. The third kappa shape index (κ3) is 4.81. The monoisotopic (exact) mass is 349 g/mol. The number of benzene rings is 1. The predicted octanol–water partition coefficient (Wildman–Crippen LogP) is 4.08. The Morgan fingerprint density at radius 2 is 1.96 bits per heavy atom. The average Bonchev–Trinajstić information content (AvgIpc) is 3.05. The van der Waals surface area contributed by atoms with Crippen LogP contribution >= 0.6 is 11.6 Å². The normalized spacial score (nSPS) is 14.2. The number of halogens is 1. The van der Waals surface area contributed by atoms with Gasteiger partial charge in [0.05, 0.1) is 6.04 Å². The summed E-state index contributed by atoms with van der Waals surface area (Å²) in [7, 11) is 0. The first-order chi connectivity index (χ1) is 11.3. The lowest BCUT2D eigenvalue weighted by molar-refractivity contribution is -0.158. The van der Waals surface area contributed by atoms with Crippen molar-refractivity contribution in [3.63, 3.8) is 0 Å². The van der Waals surface area contributed by atoms with E-state index in [9.17, 15) is 4.79 Å². The highest BCUT2D eigenvalue weighted by Gasteiger charge is 2.37. The van der Waals surface area contributed by atoms with E-state index in [-0.39, 0.29) is 23.5 Å². The van der Waals surface area contributed by atoms with Crippen LogP contribution in [0.1, 0.15) is 45.7 Å². The van der Waals surface area contributed by atoms with Crippen LogP contribution in [0.4, 0.5) is 0 Å². The minimum atomic E-state index is -0.331. The Hall–Kier alpha value is -1.88. The van der Waals surface area contributed by atoms with Crippen LogP contribution in [-0.4, -0.2) is 26.8 Å². The summed E-state index contributed by atoms with van der Waals surface area (Å²) in [6.07, 6.45) is 3.84. The molecule has 6 heteroatoms. The van der Waals surface area contributed by atoms with Crippen LogP contribution < -0.4 is 0 Å². The molecule has 0 fully saturated rings. The zero-order valence-electron chi connectivity index (χ0n) is 14.6. The SMILES string of the molecule is CCC(=O)OC(C(Cc1ccc(Cl)cc1)n1cncn1)C(C)(C)C. The van der Waals surface area contributed by atoms with E-state index in [2.05, 4.69) is 30.9 Å². The molecule has 0 saturated carbocycles. The highest BCUT2D eigenvalue weighted by molar-refractivity contribution is 6.30. The van der Waals surface area contributed by atoms with Gasteiger partial charge in [-0.3, -0.25) is 4.79 Å². The van der Waals surface area contributed by atoms with Crippen molar-refractivity contribution in [2.24, 2.45) is 5.41 Å². The number of carbonyl (C=O) groups is 1. The van der Waals surface area contributed by atoms with Crippen molar-refractivity contribution in [1.82, 2.24) is 14.8 Å². The summed E-state index contributed by atoms with van der Waals surface area (Å²) in [6, 6.07) is 7.53. The van der Waals surface area contributed by atoms with Crippen molar-refractivity contribution in [2.45, 2.75) is 52.7 Å². The molecule has 0 aliphatic carbocycles. The molecule has 1 aromatic carbocycles. The van der Waals surface area contributed by atoms with E-state index in [0.29, 0.717) is 17.9 Å². The number of ether oxygens (including phenoxy) is 1. The first kappa shape index (κ1) is 18.5. The molecule has 0 amide bonds. The fraction of sp³-hybridized carbons (Fsp3) is 0.500. The second-order valence-electron chi connectivity index (χ2n) is 6.90. The maximum atomic E-state index is 12.0. The van der Waals surface area contributed by atoms with Crippen LogP contribution in [0.15, 0.2) is 36.9 Å². The number of hydrogen-bond acceptors (Lipinski definition) is 4. The molecule has 2 unspecified atom stereocenters. The minimum Gasteiger partial charge on any atom is -0.460 e. The quantitative estimate of drug-likeness (QED) is 0.737. The number of aromatic nitrogens is 3. The second-order valence-corrected chi connectivity index (χ2v) is 7.34. The highest BCUT2D eigenvalue weighted by Crippen LogP contribution is 2.33. The molecule has 0 N–H and O–H groups in total. The molecular weight excluding hydrogens is 326 g/mol. The zero-order chi connectivity index (χ0) is 17.7. The molecule has 1 aromatic heterocycles. The number of rotatable bonds is 6. The topological polar surface area (TPSA) is 57.0 Å². The number of nitrogens with zero attached hydrogens (tertiary/aromatic N) is 3. The number of hydrogen-bond donors (Lipinski definition) is 0. The van der Waals surface area contributed by atoms with Crippen LogP contribution in [0.5, 0.6) is 0 Å². The fourth-order valence-electron chi connectivity index (χ4n) is 2.65. The van der Waals surface area contributed by atoms with Crippen LogP contribution in [-0.2, 0) is 16.0 Å². The van der Waals surface area contributed by atoms with Gasteiger partial charge >= 0.3 is 5.97 Å².